The molecule has 0 saturated heterocycles. The molecule has 0 bridgehead atoms. The van der Waals surface area contributed by atoms with Crippen LogP contribution in [-0.2, 0) is 0 Å². The molecule has 7 heteroatoms. The van der Waals surface area contributed by atoms with Crippen molar-refractivity contribution in [1.29, 1.82) is 0 Å². The molecule has 2 N–H and O–H groups in total. The first-order chi connectivity index (χ1) is 10.1. The van der Waals surface area contributed by atoms with Crippen LogP contribution in [-0.4, -0.2) is 27.7 Å². The number of benzene rings is 1. The Morgan fingerprint density at radius 2 is 2.29 bits per heavy atom. The minimum absolute atomic E-state index is 0.0455. The smallest absolute Gasteiger partial charge is 0.354 e. The first-order valence-electron chi connectivity index (χ1n) is 6.38. The van der Waals surface area contributed by atoms with E-state index in [1.807, 2.05) is 6.07 Å². The van der Waals surface area contributed by atoms with Crippen LogP contribution in [0.25, 0.3) is 0 Å². The maximum Gasteiger partial charge on any atom is 0.354 e. The summed E-state index contributed by atoms with van der Waals surface area (Å²) in [6, 6.07) is 6.74. The molecule has 0 fully saturated rings. The van der Waals surface area contributed by atoms with Gasteiger partial charge in [-0.25, -0.2) is 14.8 Å². The lowest BCUT2D eigenvalue weighted by atomic mass is 10.0. The van der Waals surface area contributed by atoms with Gasteiger partial charge >= 0.3 is 5.97 Å². The average molecular weight is 306 g/mol. The highest BCUT2D eigenvalue weighted by molar-refractivity contribution is 6.30. The molecule has 0 saturated carbocycles. The minimum atomic E-state index is -1.08. The van der Waals surface area contributed by atoms with Gasteiger partial charge in [0.2, 0.25) is 5.95 Å². The van der Waals surface area contributed by atoms with Crippen LogP contribution in [0, 0.1) is 0 Å². The SMILES string of the molecule is O=C(O)c1ccnc(NC2CCOc3cc(Cl)ccc32)n1. The van der Waals surface area contributed by atoms with Crippen molar-refractivity contribution in [2.45, 2.75) is 12.5 Å². The third kappa shape index (κ3) is 2.90. The van der Waals surface area contributed by atoms with Crippen LogP contribution in [0.4, 0.5) is 5.95 Å². The molecule has 1 aliphatic heterocycles. The van der Waals surface area contributed by atoms with E-state index in [0.29, 0.717) is 11.6 Å². The Kier molecular flexibility index (Phi) is 3.62. The van der Waals surface area contributed by atoms with Crippen molar-refractivity contribution in [3.63, 3.8) is 0 Å². The number of halogens is 1. The lowest BCUT2D eigenvalue weighted by Crippen LogP contribution is -2.21. The van der Waals surface area contributed by atoms with Gasteiger partial charge in [-0.15, -0.1) is 0 Å². The van der Waals surface area contributed by atoms with Gasteiger partial charge in [0.1, 0.15) is 5.75 Å². The Morgan fingerprint density at radius 1 is 1.43 bits per heavy atom. The van der Waals surface area contributed by atoms with E-state index in [4.69, 9.17) is 21.4 Å². The molecule has 2 heterocycles. The first kappa shape index (κ1) is 13.6. The van der Waals surface area contributed by atoms with Crippen LogP contribution in [0.3, 0.4) is 0 Å². The number of carbonyl (C=O) groups is 1. The number of nitrogens with zero attached hydrogens (tertiary/aromatic N) is 2. The number of carboxylic acid groups (broad SMARTS) is 1. The molecule has 6 nitrogen and oxygen atoms in total. The van der Waals surface area contributed by atoms with E-state index in [1.165, 1.54) is 12.3 Å². The van der Waals surface area contributed by atoms with Crippen molar-refractivity contribution in [2.75, 3.05) is 11.9 Å². The molecular formula is C14H12ClN3O3. The highest BCUT2D eigenvalue weighted by atomic mass is 35.5. The molecule has 1 aromatic heterocycles. The van der Waals surface area contributed by atoms with Crippen molar-refractivity contribution in [2.24, 2.45) is 0 Å². The number of aromatic carboxylic acids is 1. The summed E-state index contributed by atoms with van der Waals surface area (Å²) in [5, 5.41) is 12.7. The fourth-order valence-electron chi connectivity index (χ4n) is 2.22. The predicted molar refractivity (Wildman–Crippen MR) is 76.9 cm³/mol. The molecule has 1 unspecified atom stereocenters. The summed E-state index contributed by atoms with van der Waals surface area (Å²) in [4.78, 5) is 19.0. The quantitative estimate of drug-likeness (QED) is 0.907. The number of carboxylic acids is 1. The zero-order valence-electron chi connectivity index (χ0n) is 10.9. The topological polar surface area (TPSA) is 84.3 Å². The summed E-state index contributed by atoms with van der Waals surface area (Å²) in [5.41, 5.74) is 0.908. The van der Waals surface area contributed by atoms with E-state index in [0.717, 1.165) is 17.7 Å². The summed E-state index contributed by atoms with van der Waals surface area (Å²) in [6.07, 6.45) is 2.15. The molecule has 0 amide bonds. The number of fused-ring (bicyclic) bond motifs is 1. The zero-order valence-corrected chi connectivity index (χ0v) is 11.7. The van der Waals surface area contributed by atoms with Crippen LogP contribution in [0.15, 0.2) is 30.5 Å². The van der Waals surface area contributed by atoms with Crippen molar-refractivity contribution in [3.8, 4) is 5.75 Å². The minimum Gasteiger partial charge on any atom is -0.493 e. The second kappa shape index (κ2) is 5.57. The molecule has 108 valence electrons. The molecule has 1 atom stereocenters. The third-order valence-corrected chi connectivity index (χ3v) is 3.43. The highest BCUT2D eigenvalue weighted by Crippen LogP contribution is 2.35. The molecule has 0 radical (unpaired) electrons. The van der Waals surface area contributed by atoms with Gasteiger partial charge in [-0.3, -0.25) is 0 Å². The summed E-state index contributed by atoms with van der Waals surface area (Å²) in [5.74, 6) is -0.0806. The van der Waals surface area contributed by atoms with E-state index in [9.17, 15) is 4.79 Å². The Labute approximate surface area is 125 Å². The second-order valence-electron chi connectivity index (χ2n) is 4.59. The van der Waals surface area contributed by atoms with Gasteiger partial charge < -0.3 is 15.2 Å². The summed E-state index contributed by atoms with van der Waals surface area (Å²) >= 11 is 5.95. The van der Waals surface area contributed by atoms with Gasteiger partial charge in [-0.05, 0) is 18.2 Å². The maximum atomic E-state index is 10.9. The van der Waals surface area contributed by atoms with Crippen molar-refractivity contribution >= 4 is 23.5 Å². The fourth-order valence-corrected chi connectivity index (χ4v) is 2.38. The van der Waals surface area contributed by atoms with Crippen LogP contribution < -0.4 is 10.1 Å². The van der Waals surface area contributed by atoms with E-state index in [1.54, 1.807) is 12.1 Å². The Bertz CT molecular complexity index is 693. The molecule has 1 aromatic carbocycles. The molecule has 1 aliphatic rings. The second-order valence-corrected chi connectivity index (χ2v) is 5.02. The summed E-state index contributed by atoms with van der Waals surface area (Å²) in [6.45, 7) is 0.545. The van der Waals surface area contributed by atoms with E-state index in [-0.39, 0.29) is 17.7 Å². The maximum absolute atomic E-state index is 10.9. The highest BCUT2D eigenvalue weighted by Gasteiger charge is 2.22. The summed E-state index contributed by atoms with van der Waals surface area (Å²) < 4.78 is 5.57. The number of anilines is 1. The zero-order chi connectivity index (χ0) is 14.8. The van der Waals surface area contributed by atoms with E-state index in [2.05, 4.69) is 15.3 Å². The van der Waals surface area contributed by atoms with Gasteiger partial charge in [0.15, 0.2) is 5.69 Å². The van der Waals surface area contributed by atoms with Crippen LogP contribution in [0.1, 0.15) is 28.5 Å². The molecule has 3 rings (SSSR count). The number of nitrogens with one attached hydrogen (secondary N) is 1. The number of ether oxygens (including phenoxy) is 1. The number of hydrogen-bond acceptors (Lipinski definition) is 5. The number of hydrogen-bond donors (Lipinski definition) is 2. The Balaban J connectivity index is 1.86. The first-order valence-corrected chi connectivity index (χ1v) is 6.76. The van der Waals surface area contributed by atoms with Crippen molar-refractivity contribution in [3.05, 3.63) is 46.7 Å². The standard InChI is InChI=1S/C14H12ClN3O3/c15-8-1-2-9-10(4-6-21-12(9)7-8)17-14-16-5-3-11(18-14)13(19)20/h1-3,5,7,10H,4,6H2,(H,19,20)(H,16,17,18). The van der Waals surface area contributed by atoms with Gasteiger partial charge in [-0.2, -0.15) is 0 Å². The molecule has 0 spiro atoms. The molecule has 21 heavy (non-hydrogen) atoms. The van der Waals surface area contributed by atoms with Gasteiger partial charge in [0.05, 0.1) is 12.6 Å². The molecule has 2 aromatic rings. The lowest BCUT2D eigenvalue weighted by Gasteiger charge is -2.26. The number of aromatic nitrogens is 2. The van der Waals surface area contributed by atoms with Gasteiger partial charge in [0.25, 0.3) is 0 Å². The Morgan fingerprint density at radius 3 is 3.10 bits per heavy atom. The van der Waals surface area contributed by atoms with E-state index < -0.39 is 5.97 Å². The predicted octanol–water partition coefficient (Wildman–Crippen LogP) is 2.76. The monoisotopic (exact) mass is 305 g/mol. The average Bonchev–Trinajstić information content (AvgIpc) is 2.47. The van der Waals surface area contributed by atoms with Gasteiger partial charge in [0, 0.05) is 23.2 Å². The largest absolute Gasteiger partial charge is 0.493 e. The Hall–Kier alpha value is -2.34. The van der Waals surface area contributed by atoms with E-state index >= 15 is 0 Å². The summed E-state index contributed by atoms with van der Waals surface area (Å²) in [7, 11) is 0. The fraction of sp³-hybridized carbons (Fsp3) is 0.214. The van der Waals surface area contributed by atoms with Crippen molar-refractivity contribution in [1.82, 2.24) is 9.97 Å². The van der Waals surface area contributed by atoms with Crippen LogP contribution >= 0.6 is 11.6 Å². The van der Waals surface area contributed by atoms with Gasteiger partial charge in [-0.1, -0.05) is 17.7 Å². The van der Waals surface area contributed by atoms with Crippen LogP contribution in [0.5, 0.6) is 5.75 Å². The molecular weight excluding hydrogens is 294 g/mol. The molecule has 0 aliphatic carbocycles. The normalized spacial score (nSPS) is 16.7. The lowest BCUT2D eigenvalue weighted by molar-refractivity contribution is 0.0690. The third-order valence-electron chi connectivity index (χ3n) is 3.19. The van der Waals surface area contributed by atoms with Crippen LogP contribution in [0.2, 0.25) is 5.02 Å². The van der Waals surface area contributed by atoms with Crippen molar-refractivity contribution < 1.29 is 14.6 Å². The number of rotatable bonds is 3.